The highest BCUT2D eigenvalue weighted by Crippen LogP contribution is 2.19. The lowest BCUT2D eigenvalue weighted by Gasteiger charge is -2.19. The van der Waals surface area contributed by atoms with Gasteiger partial charge in [0.05, 0.1) is 12.6 Å². The molecule has 0 amide bonds. The molecule has 4 heteroatoms. The van der Waals surface area contributed by atoms with E-state index in [4.69, 9.17) is 0 Å². The van der Waals surface area contributed by atoms with Crippen LogP contribution in [0.1, 0.15) is 24.4 Å². The topological polar surface area (TPSA) is 41.3 Å². The highest BCUT2D eigenvalue weighted by atomic mass is 16.3. The van der Waals surface area contributed by atoms with Gasteiger partial charge < -0.3 is 14.6 Å². The number of nitrogens with zero attached hydrogens (tertiary/aromatic N) is 3. The molecular formula is C14H19N3O. The Hall–Kier alpha value is -1.81. The van der Waals surface area contributed by atoms with Crippen LogP contribution in [-0.2, 0) is 13.6 Å². The molecule has 18 heavy (non-hydrogen) atoms. The van der Waals surface area contributed by atoms with E-state index in [2.05, 4.69) is 9.88 Å². The maximum Gasteiger partial charge on any atom is 0.127 e. The molecule has 0 saturated heterocycles. The quantitative estimate of drug-likeness (QED) is 0.897. The van der Waals surface area contributed by atoms with Crippen LogP contribution in [0.5, 0.6) is 0 Å². The Kier molecular flexibility index (Phi) is 3.67. The number of aromatic nitrogens is 2. The zero-order valence-corrected chi connectivity index (χ0v) is 11.0. The second-order valence-corrected chi connectivity index (χ2v) is 4.58. The summed E-state index contributed by atoms with van der Waals surface area (Å²) in [5.41, 5.74) is 2.05. The van der Waals surface area contributed by atoms with Crippen LogP contribution in [0, 0.1) is 0 Å². The van der Waals surface area contributed by atoms with Crippen LogP contribution < -0.4 is 4.90 Å². The van der Waals surface area contributed by atoms with E-state index in [0.29, 0.717) is 0 Å². The van der Waals surface area contributed by atoms with Crippen LogP contribution in [0.15, 0.2) is 36.7 Å². The predicted molar refractivity (Wildman–Crippen MR) is 72.4 cm³/mol. The summed E-state index contributed by atoms with van der Waals surface area (Å²) in [6.07, 6.45) is 3.33. The van der Waals surface area contributed by atoms with E-state index in [1.54, 1.807) is 13.1 Å². The van der Waals surface area contributed by atoms with Crippen molar-refractivity contribution in [2.75, 3.05) is 11.9 Å². The molecule has 4 nitrogen and oxygen atoms in total. The van der Waals surface area contributed by atoms with Crippen molar-refractivity contribution in [2.24, 2.45) is 7.05 Å². The molecule has 1 N–H and O–H groups in total. The van der Waals surface area contributed by atoms with E-state index in [1.807, 2.05) is 49.1 Å². The van der Waals surface area contributed by atoms with E-state index in [9.17, 15) is 5.11 Å². The predicted octanol–water partition coefficient (Wildman–Crippen LogP) is 2.11. The lowest BCUT2D eigenvalue weighted by atomic mass is 10.1. The first kappa shape index (κ1) is 12.6. The highest BCUT2D eigenvalue weighted by Gasteiger charge is 2.06. The Morgan fingerprint density at radius 3 is 2.50 bits per heavy atom. The first-order valence-electron chi connectivity index (χ1n) is 6.03. The largest absolute Gasteiger partial charge is 0.389 e. The Morgan fingerprint density at radius 2 is 2.00 bits per heavy atom. The summed E-state index contributed by atoms with van der Waals surface area (Å²) >= 11 is 0. The second-order valence-electron chi connectivity index (χ2n) is 4.58. The number of imidazole rings is 1. The number of aryl methyl sites for hydroxylation is 1. The van der Waals surface area contributed by atoms with Gasteiger partial charge in [0.1, 0.15) is 5.82 Å². The minimum absolute atomic E-state index is 0.418. The van der Waals surface area contributed by atoms with E-state index >= 15 is 0 Å². The zero-order chi connectivity index (χ0) is 13.1. The number of hydrogen-bond acceptors (Lipinski definition) is 3. The third kappa shape index (κ3) is 2.71. The van der Waals surface area contributed by atoms with Crippen LogP contribution in [0.25, 0.3) is 0 Å². The van der Waals surface area contributed by atoms with Crippen molar-refractivity contribution >= 4 is 5.69 Å². The normalized spacial score (nSPS) is 12.4. The minimum Gasteiger partial charge on any atom is -0.389 e. The number of aliphatic hydroxyl groups excluding tert-OH is 1. The molecule has 0 fully saturated rings. The minimum atomic E-state index is -0.418. The molecule has 2 rings (SSSR count). The van der Waals surface area contributed by atoms with Gasteiger partial charge in [-0.3, -0.25) is 0 Å². The molecule has 0 aliphatic heterocycles. The maximum atomic E-state index is 9.47. The lowest BCUT2D eigenvalue weighted by molar-refractivity contribution is 0.199. The summed E-state index contributed by atoms with van der Waals surface area (Å²) in [6, 6.07) is 7.94. The zero-order valence-electron chi connectivity index (χ0n) is 11.0. The Bertz CT molecular complexity index is 502. The van der Waals surface area contributed by atoms with Gasteiger partial charge in [0.15, 0.2) is 0 Å². The van der Waals surface area contributed by atoms with Crippen LogP contribution >= 0.6 is 0 Å². The Balaban J connectivity index is 2.09. The smallest absolute Gasteiger partial charge is 0.127 e. The Labute approximate surface area is 108 Å². The van der Waals surface area contributed by atoms with Gasteiger partial charge in [0.2, 0.25) is 0 Å². The average Bonchev–Trinajstić information content (AvgIpc) is 2.75. The summed E-state index contributed by atoms with van der Waals surface area (Å²) in [5.74, 6) is 1.03. The molecule has 0 aliphatic rings. The molecule has 2 aromatic rings. The first-order chi connectivity index (χ1) is 8.58. The van der Waals surface area contributed by atoms with Crippen LogP contribution in [-0.4, -0.2) is 21.7 Å². The molecule has 0 unspecified atom stereocenters. The lowest BCUT2D eigenvalue weighted by Crippen LogP contribution is -2.18. The van der Waals surface area contributed by atoms with E-state index < -0.39 is 6.10 Å². The third-order valence-electron chi connectivity index (χ3n) is 3.12. The van der Waals surface area contributed by atoms with Gasteiger partial charge in [-0.25, -0.2) is 4.98 Å². The van der Waals surface area contributed by atoms with Crippen molar-refractivity contribution < 1.29 is 5.11 Å². The molecular weight excluding hydrogens is 226 g/mol. The molecule has 1 atom stereocenters. The van der Waals surface area contributed by atoms with E-state index in [1.165, 1.54) is 0 Å². The van der Waals surface area contributed by atoms with Crippen molar-refractivity contribution in [2.45, 2.75) is 19.6 Å². The van der Waals surface area contributed by atoms with Crippen LogP contribution in [0.4, 0.5) is 5.69 Å². The molecule has 1 heterocycles. The standard InChI is InChI=1S/C14H19N3O/c1-11(18)12-4-6-13(7-5-12)17(3)10-14-15-8-9-16(14)2/h4-9,11,18H,10H2,1-3H3/t11-/m1/s1. The van der Waals surface area contributed by atoms with Gasteiger partial charge >= 0.3 is 0 Å². The monoisotopic (exact) mass is 245 g/mol. The number of anilines is 1. The van der Waals surface area contributed by atoms with Gasteiger partial charge in [0.25, 0.3) is 0 Å². The SMILES string of the molecule is C[C@@H](O)c1ccc(N(C)Cc2nccn2C)cc1. The number of aliphatic hydroxyl groups is 1. The van der Waals surface area contributed by atoms with Gasteiger partial charge in [-0.2, -0.15) is 0 Å². The van der Waals surface area contributed by atoms with Crippen molar-refractivity contribution in [3.8, 4) is 0 Å². The number of benzene rings is 1. The molecule has 0 radical (unpaired) electrons. The van der Waals surface area contributed by atoms with Crippen molar-refractivity contribution in [1.82, 2.24) is 9.55 Å². The highest BCUT2D eigenvalue weighted by molar-refractivity contribution is 5.47. The van der Waals surface area contributed by atoms with E-state index in [0.717, 1.165) is 23.6 Å². The molecule has 0 saturated carbocycles. The average molecular weight is 245 g/mol. The summed E-state index contributed by atoms with van der Waals surface area (Å²) in [5, 5.41) is 9.47. The second kappa shape index (κ2) is 5.23. The summed E-state index contributed by atoms with van der Waals surface area (Å²) < 4.78 is 2.01. The van der Waals surface area contributed by atoms with Crippen molar-refractivity contribution in [3.05, 3.63) is 48.0 Å². The molecule has 0 bridgehead atoms. The molecule has 1 aromatic carbocycles. The van der Waals surface area contributed by atoms with Gasteiger partial charge in [-0.05, 0) is 24.6 Å². The fourth-order valence-electron chi connectivity index (χ4n) is 1.86. The Morgan fingerprint density at radius 1 is 1.33 bits per heavy atom. The fourth-order valence-corrected chi connectivity index (χ4v) is 1.86. The molecule has 96 valence electrons. The fraction of sp³-hybridized carbons (Fsp3) is 0.357. The van der Waals surface area contributed by atoms with Crippen molar-refractivity contribution in [1.29, 1.82) is 0 Å². The third-order valence-corrected chi connectivity index (χ3v) is 3.12. The van der Waals surface area contributed by atoms with Crippen molar-refractivity contribution in [3.63, 3.8) is 0 Å². The van der Waals surface area contributed by atoms with Gasteiger partial charge in [-0.1, -0.05) is 12.1 Å². The van der Waals surface area contributed by atoms with Crippen LogP contribution in [0.2, 0.25) is 0 Å². The summed E-state index contributed by atoms with van der Waals surface area (Å²) in [7, 11) is 4.03. The molecule has 0 aliphatic carbocycles. The molecule has 1 aromatic heterocycles. The number of hydrogen-bond donors (Lipinski definition) is 1. The van der Waals surface area contributed by atoms with Crippen LogP contribution in [0.3, 0.4) is 0 Å². The number of rotatable bonds is 4. The maximum absolute atomic E-state index is 9.47. The summed E-state index contributed by atoms with van der Waals surface area (Å²) in [4.78, 5) is 6.44. The summed E-state index contributed by atoms with van der Waals surface area (Å²) in [6.45, 7) is 2.53. The van der Waals surface area contributed by atoms with Gasteiger partial charge in [0, 0.05) is 32.2 Å². The van der Waals surface area contributed by atoms with Gasteiger partial charge in [-0.15, -0.1) is 0 Å². The first-order valence-corrected chi connectivity index (χ1v) is 6.03. The molecule has 0 spiro atoms. The van der Waals surface area contributed by atoms with E-state index in [-0.39, 0.29) is 0 Å².